The normalized spacial score (nSPS) is 10.6. The molecule has 0 saturated heterocycles. The predicted molar refractivity (Wildman–Crippen MR) is 82.1 cm³/mol. The molecule has 0 radical (unpaired) electrons. The van der Waals surface area contributed by atoms with Crippen LogP contribution in [0.15, 0.2) is 47.0 Å². The van der Waals surface area contributed by atoms with Gasteiger partial charge in [0.2, 0.25) is 5.88 Å². The Kier molecular flexibility index (Phi) is 3.74. The van der Waals surface area contributed by atoms with Crippen molar-refractivity contribution in [2.75, 3.05) is 18.6 Å². The van der Waals surface area contributed by atoms with E-state index in [0.29, 0.717) is 29.2 Å². The summed E-state index contributed by atoms with van der Waals surface area (Å²) in [6, 6.07) is 10.9. The summed E-state index contributed by atoms with van der Waals surface area (Å²) in [7, 11) is 1.61. The van der Waals surface area contributed by atoms with E-state index in [1.54, 1.807) is 31.4 Å². The monoisotopic (exact) mass is 297 g/mol. The quantitative estimate of drug-likeness (QED) is 0.740. The molecule has 1 aromatic carbocycles. The Hall–Kier alpha value is -2.89. The lowest BCUT2D eigenvalue weighted by molar-refractivity contribution is 0.0984. The molecular formula is C16H15N3O3. The number of aromatic nitrogens is 2. The van der Waals surface area contributed by atoms with Gasteiger partial charge in [-0.2, -0.15) is 4.98 Å². The van der Waals surface area contributed by atoms with E-state index in [4.69, 9.17) is 9.15 Å². The van der Waals surface area contributed by atoms with Gasteiger partial charge in [0.05, 0.1) is 6.61 Å². The minimum atomic E-state index is -0.289. The van der Waals surface area contributed by atoms with Crippen LogP contribution >= 0.6 is 0 Å². The molecule has 6 heteroatoms. The number of oxazole rings is 1. The maximum atomic E-state index is 12.6. The summed E-state index contributed by atoms with van der Waals surface area (Å²) in [6.07, 6.45) is 1.58. The van der Waals surface area contributed by atoms with Gasteiger partial charge in [-0.3, -0.25) is 9.69 Å². The highest BCUT2D eigenvalue weighted by Crippen LogP contribution is 2.24. The number of ether oxygens (including phenoxy) is 1. The molecule has 0 aliphatic heterocycles. The number of pyridine rings is 1. The fraction of sp³-hybridized carbons (Fsp3) is 0.188. The summed E-state index contributed by atoms with van der Waals surface area (Å²) in [6.45, 7) is 2.28. The van der Waals surface area contributed by atoms with E-state index >= 15 is 0 Å². The van der Waals surface area contributed by atoms with Gasteiger partial charge in [0.25, 0.3) is 5.91 Å². The zero-order chi connectivity index (χ0) is 15.5. The molecule has 0 bridgehead atoms. The molecule has 6 nitrogen and oxygen atoms in total. The predicted octanol–water partition coefficient (Wildman–Crippen LogP) is 2.90. The molecule has 3 aromatic rings. The molecule has 1 amide bonds. The average Bonchev–Trinajstić information content (AvgIpc) is 2.98. The van der Waals surface area contributed by atoms with Crippen LogP contribution in [0.3, 0.4) is 0 Å². The second-order valence-corrected chi connectivity index (χ2v) is 4.62. The molecule has 0 aliphatic rings. The van der Waals surface area contributed by atoms with E-state index in [0.717, 1.165) is 0 Å². The van der Waals surface area contributed by atoms with Crippen molar-refractivity contribution >= 4 is 23.0 Å². The Morgan fingerprint density at radius 3 is 2.86 bits per heavy atom. The number of hydrogen-bond acceptors (Lipinski definition) is 5. The minimum Gasteiger partial charge on any atom is -0.477 e. The van der Waals surface area contributed by atoms with Gasteiger partial charge in [-0.25, -0.2) is 4.98 Å². The molecule has 2 heterocycles. The van der Waals surface area contributed by atoms with Crippen molar-refractivity contribution < 1.29 is 13.9 Å². The Bertz CT molecular complexity index is 780. The van der Waals surface area contributed by atoms with E-state index in [-0.39, 0.29) is 11.9 Å². The minimum absolute atomic E-state index is 0.234. The van der Waals surface area contributed by atoms with Crippen molar-refractivity contribution in [3.8, 4) is 5.88 Å². The molecule has 0 atom stereocenters. The van der Waals surface area contributed by atoms with Gasteiger partial charge in [-0.15, -0.1) is 0 Å². The first-order valence-corrected chi connectivity index (χ1v) is 6.92. The van der Waals surface area contributed by atoms with Crippen molar-refractivity contribution in [3.63, 3.8) is 0 Å². The van der Waals surface area contributed by atoms with Gasteiger partial charge < -0.3 is 9.15 Å². The van der Waals surface area contributed by atoms with Gasteiger partial charge in [-0.1, -0.05) is 12.1 Å². The van der Waals surface area contributed by atoms with Crippen LogP contribution in [0.1, 0.15) is 17.3 Å². The highest BCUT2D eigenvalue weighted by Gasteiger charge is 2.22. The van der Waals surface area contributed by atoms with E-state index in [1.165, 1.54) is 4.90 Å². The van der Waals surface area contributed by atoms with E-state index in [9.17, 15) is 4.79 Å². The van der Waals surface area contributed by atoms with Crippen molar-refractivity contribution in [2.24, 2.45) is 0 Å². The van der Waals surface area contributed by atoms with Gasteiger partial charge in [0, 0.05) is 13.2 Å². The number of benzene rings is 1. The van der Waals surface area contributed by atoms with Crippen molar-refractivity contribution in [2.45, 2.75) is 6.92 Å². The molecule has 112 valence electrons. The van der Waals surface area contributed by atoms with Gasteiger partial charge in [0.15, 0.2) is 5.58 Å². The number of carbonyl (C=O) groups excluding carboxylic acids is 1. The highest BCUT2D eigenvalue weighted by atomic mass is 16.5. The summed E-state index contributed by atoms with van der Waals surface area (Å²) in [5, 5.41) is 0. The van der Waals surface area contributed by atoms with Crippen molar-refractivity contribution in [1.82, 2.24) is 9.97 Å². The molecule has 0 spiro atoms. The fourth-order valence-corrected chi connectivity index (χ4v) is 2.08. The third-order valence-corrected chi connectivity index (χ3v) is 3.16. The van der Waals surface area contributed by atoms with Crippen LogP contribution in [0.25, 0.3) is 11.1 Å². The Balaban J connectivity index is 1.94. The largest absolute Gasteiger partial charge is 0.477 e. The lowest BCUT2D eigenvalue weighted by atomic mass is 10.2. The lowest BCUT2D eigenvalue weighted by Crippen LogP contribution is -2.27. The van der Waals surface area contributed by atoms with Crippen LogP contribution in [-0.4, -0.2) is 29.5 Å². The van der Waals surface area contributed by atoms with Crippen LogP contribution in [0.4, 0.5) is 6.01 Å². The Morgan fingerprint density at radius 2 is 2.09 bits per heavy atom. The Morgan fingerprint density at radius 1 is 1.27 bits per heavy atom. The zero-order valence-electron chi connectivity index (χ0n) is 12.3. The molecule has 0 aliphatic carbocycles. The lowest BCUT2D eigenvalue weighted by Gasteiger charge is -2.14. The van der Waals surface area contributed by atoms with Gasteiger partial charge in [-0.05, 0) is 31.2 Å². The summed E-state index contributed by atoms with van der Waals surface area (Å²) >= 11 is 0. The molecule has 0 unspecified atom stereocenters. The number of para-hydroxylation sites is 2. The van der Waals surface area contributed by atoms with E-state index in [2.05, 4.69) is 9.97 Å². The molecule has 3 rings (SSSR count). The number of carbonyl (C=O) groups is 1. The zero-order valence-corrected chi connectivity index (χ0v) is 12.3. The summed E-state index contributed by atoms with van der Waals surface area (Å²) in [4.78, 5) is 22.4. The maximum Gasteiger partial charge on any atom is 0.305 e. The van der Waals surface area contributed by atoms with E-state index in [1.807, 2.05) is 25.1 Å². The van der Waals surface area contributed by atoms with Crippen LogP contribution < -0.4 is 9.64 Å². The second-order valence-electron chi connectivity index (χ2n) is 4.62. The topological polar surface area (TPSA) is 68.5 Å². The second kappa shape index (κ2) is 5.85. The molecule has 22 heavy (non-hydrogen) atoms. The Labute approximate surface area is 127 Å². The average molecular weight is 297 g/mol. The number of fused-ring (bicyclic) bond motifs is 1. The molecule has 0 fully saturated rings. The van der Waals surface area contributed by atoms with Crippen LogP contribution in [0.5, 0.6) is 5.88 Å². The molecular weight excluding hydrogens is 282 g/mol. The summed E-state index contributed by atoms with van der Waals surface area (Å²) in [5.74, 6) is 0.0149. The third kappa shape index (κ3) is 2.50. The summed E-state index contributed by atoms with van der Waals surface area (Å²) < 4.78 is 11.0. The first-order valence-electron chi connectivity index (χ1n) is 6.92. The maximum absolute atomic E-state index is 12.6. The number of nitrogens with zero attached hydrogens (tertiary/aromatic N) is 3. The first-order chi connectivity index (χ1) is 10.7. The van der Waals surface area contributed by atoms with Gasteiger partial charge >= 0.3 is 6.01 Å². The molecule has 0 saturated carbocycles. The van der Waals surface area contributed by atoms with E-state index < -0.39 is 0 Å². The van der Waals surface area contributed by atoms with Gasteiger partial charge in [0.1, 0.15) is 11.1 Å². The smallest absolute Gasteiger partial charge is 0.305 e. The SMILES string of the molecule is CCOc1ncccc1C(=O)N(C)c1nc2ccccc2o1. The van der Waals surface area contributed by atoms with Crippen LogP contribution in [0, 0.1) is 0 Å². The standard InChI is InChI=1S/C16H15N3O3/c1-3-21-14-11(7-6-10-17-14)15(20)19(2)16-18-12-8-4-5-9-13(12)22-16/h4-10H,3H2,1-2H3. The number of hydrogen-bond donors (Lipinski definition) is 0. The molecule has 0 N–H and O–H groups in total. The molecule has 2 aromatic heterocycles. The highest BCUT2D eigenvalue weighted by molar-refractivity contribution is 6.06. The van der Waals surface area contributed by atoms with Crippen molar-refractivity contribution in [1.29, 1.82) is 0 Å². The number of anilines is 1. The fourth-order valence-electron chi connectivity index (χ4n) is 2.08. The number of rotatable bonds is 4. The summed E-state index contributed by atoms with van der Waals surface area (Å²) in [5.41, 5.74) is 1.70. The first kappa shape index (κ1) is 14.1. The number of amides is 1. The third-order valence-electron chi connectivity index (χ3n) is 3.16. The van der Waals surface area contributed by atoms with Crippen molar-refractivity contribution in [3.05, 3.63) is 48.2 Å². The van der Waals surface area contributed by atoms with Crippen LogP contribution in [0.2, 0.25) is 0 Å². The van der Waals surface area contributed by atoms with Crippen LogP contribution in [-0.2, 0) is 0 Å².